The minimum atomic E-state index is 0.634. The maximum Gasteiger partial charge on any atom is 0.0700 e. The van der Waals surface area contributed by atoms with E-state index in [-0.39, 0.29) is 0 Å². The van der Waals surface area contributed by atoms with Gasteiger partial charge in [0.2, 0.25) is 0 Å². The lowest BCUT2D eigenvalue weighted by Crippen LogP contribution is -2.44. The van der Waals surface area contributed by atoms with Crippen molar-refractivity contribution in [3.8, 4) is 0 Å². The lowest BCUT2D eigenvalue weighted by atomic mass is 10.1. The Hall–Kier alpha value is -0.160. The first-order valence-electron chi connectivity index (χ1n) is 5.44. The molecule has 0 radical (unpaired) electrons. The molecular weight excluding hydrogens is 180 g/mol. The molecule has 0 spiro atoms. The molecule has 1 aliphatic heterocycles. The molecule has 0 aliphatic carbocycles. The van der Waals surface area contributed by atoms with Crippen molar-refractivity contribution < 1.29 is 9.47 Å². The van der Waals surface area contributed by atoms with Crippen LogP contribution in [0, 0.1) is 0 Å². The van der Waals surface area contributed by atoms with E-state index in [9.17, 15) is 0 Å². The largest absolute Gasteiger partial charge is 0.382 e. The Balaban J connectivity index is 1.82. The van der Waals surface area contributed by atoms with Crippen LogP contribution in [0.3, 0.4) is 0 Å². The number of rotatable bonds is 7. The topological polar surface area (TPSA) is 42.5 Å². The van der Waals surface area contributed by atoms with E-state index in [1.54, 1.807) is 7.11 Å². The number of piperidine rings is 1. The van der Waals surface area contributed by atoms with Crippen LogP contribution in [0.25, 0.3) is 0 Å². The van der Waals surface area contributed by atoms with Crippen LogP contribution in [-0.2, 0) is 9.47 Å². The van der Waals surface area contributed by atoms with Gasteiger partial charge in [-0.05, 0) is 19.4 Å². The van der Waals surface area contributed by atoms with Crippen molar-refractivity contribution in [2.75, 3.05) is 46.6 Å². The van der Waals surface area contributed by atoms with Gasteiger partial charge in [-0.25, -0.2) is 0 Å². The molecule has 1 heterocycles. The molecule has 14 heavy (non-hydrogen) atoms. The molecule has 1 unspecified atom stereocenters. The first kappa shape index (κ1) is 11.9. The van der Waals surface area contributed by atoms with Crippen molar-refractivity contribution in [2.45, 2.75) is 18.9 Å². The molecule has 1 fully saturated rings. The van der Waals surface area contributed by atoms with Gasteiger partial charge in [0.15, 0.2) is 0 Å². The molecule has 4 nitrogen and oxygen atoms in total. The highest BCUT2D eigenvalue weighted by atomic mass is 16.5. The van der Waals surface area contributed by atoms with E-state index >= 15 is 0 Å². The van der Waals surface area contributed by atoms with E-state index in [0.717, 1.165) is 19.7 Å². The molecule has 1 atom stereocenters. The lowest BCUT2D eigenvalue weighted by Gasteiger charge is -2.23. The van der Waals surface area contributed by atoms with Crippen LogP contribution in [0.4, 0.5) is 0 Å². The highest BCUT2D eigenvalue weighted by Crippen LogP contribution is 2.00. The Bertz CT molecular complexity index is 127. The molecule has 0 saturated carbocycles. The van der Waals surface area contributed by atoms with Gasteiger partial charge in [0.25, 0.3) is 0 Å². The van der Waals surface area contributed by atoms with Crippen molar-refractivity contribution in [2.24, 2.45) is 0 Å². The van der Waals surface area contributed by atoms with Crippen LogP contribution in [0.5, 0.6) is 0 Å². The van der Waals surface area contributed by atoms with E-state index in [2.05, 4.69) is 10.6 Å². The predicted molar refractivity (Wildman–Crippen MR) is 56.6 cm³/mol. The van der Waals surface area contributed by atoms with E-state index in [1.807, 2.05) is 0 Å². The molecule has 0 amide bonds. The number of ether oxygens (including phenoxy) is 2. The molecule has 4 heteroatoms. The second kappa shape index (κ2) is 8.17. The van der Waals surface area contributed by atoms with Gasteiger partial charge in [0.1, 0.15) is 0 Å². The Kier molecular flexibility index (Phi) is 6.95. The average molecular weight is 202 g/mol. The third-order valence-corrected chi connectivity index (χ3v) is 2.41. The minimum Gasteiger partial charge on any atom is -0.382 e. The summed E-state index contributed by atoms with van der Waals surface area (Å²) in [6, 6.07) is 0.634. The van der Waals surface area contributed by atoms with Crippen LogP contribution < -0.4 is 10.6 Å². The number of methoxy groups -OCH3 is 1. The van der Waals surface area contributed by atoms with Crippen molar-refractivity contribution in [1.29, 1.82) is 0 Å². The molecule has 0 aromatic carbocycles. The van der Waals surface area contributed by atoms with Crippen molar-refractivity contribution >= 4 is 0 Å². The SMILES string of the molecule is COCCOCCNC1CCCNC1. The first-order chi connectivity index (χ1) is 6.93. The molecule has 1 rings (SSSR count). The zero-order valence-electron chi connectivity index (χ0n) is 9.05. The maximum absolute atomic E-state index is 5.36. The Labute approximate surface area is 86.3 Å². The quantitative estimate of drug-likeness (QED) is 0.570. The summed E-state index contributed by atoms with van der Waals surface area (Å²) in [6.07, 6.45) is 2.56. The minimum absolute atomic E-state index is 0.634. The number of hydrogen-bond donors (Lipinski definition) is 2. The summed E-state index contributed by atoms with van der Waals surface area (Å²) in [6.45, 7) is 5.36. The van der Waals surface area contributed by atoms with Gasteiger partial charge < -0.3 is 20.1 Å². The highest BCUT2D eigenvalue weighted by Gasteiger charge is 2.10. The summed E-state index contributed by atoms with van der Waals surface area (Å²) in [4.78, 5) is 0. The average Bonchev–Trinajstić information content (AvgIpc) is 2.25. The Morgan fingerprint density at radius 2 is 2.29 bits per heavy atom. The van der Waals surface area contributed by atoms with Crippen molar-refractivity contribution in [3.05, 3.63) is 0 Å². The molecule has 1 aliphatic rings. The van der Waals surface area contributed by atoms with Gasteiger partial charge in [-0.2, -0.15) is 0 Å². The summed E-state index contributed by atoms with van der Waals surface area (Å²) in [5.41, 5.74) is 0. The van der Waals surface area contributed by atoms with Gasteiger partial charge in [-0.3, -0.25) is 0 Å². The summed E-state index contributed by atoms with van der Waals surface area (Å²) in [5, 5.41) is 6.84. The number of nitrogens with one attached hydrogen (secondary N) is 2. The van der Waals surface area contributed by atoms with E-state index in [4.69, 9.17) is 9.47 Å². The Morgan fingerprint density at radius 3 is 3.00 bits per heavy atom. The summed E-state index contributed by atoms with van der Waals surface area (Å²) >= 11 is 0. The van der Waals surface area contributed by atoms with Gasteiger partial charge in [-0.1, -0.05) is 0 Å². The fraction of sp³-hybridized carbons (Fsp3) is 1.00. The number of hydrogen-bond acceptors (Lipinski definition) is 4. The normalized spacial score (nSPS) is 22.5. The first-order valence-corrected chi connectivity index (χ1v) is 5.44. The second-order valence-electron chi connectivity index (χ2n) is 3.60. The van der Waals surface area contributed by atoms with Crippen molar-refractivity contribution in [1.82, 2.24) is 10.6 Å². The standard InChI is InChI=1S/C10H22N2O2/c1-13-7-8-14-6-5-12-10-3-2-4-11-9-10/h10-12H,2-9H2,1H3. The lowest BCUT2D eigenvalue weighted by molar-refractivity contribution is 0.0707. The summed E-state index contributed by atoms with van der Waals surface area (Å²) < 4.78 is 10.2. The van der Waals surface area contributed by atoms with E-state index in [0.29, 0.717) is 19.3 Å². The smallest absolute Gasteiger partial charge is 0.0700 e. The van der Waals surface area contributed by atoms with Crippen LogP contribution >= 0.6 is 0 Å². The zero-order chi connectivity index (χ0) is 10.1. The van der Waals surface area contributed by atoms with Gasteiger partial charge in [0.05, 0.1) is 19.8 Å². The van der Waals surface area contributed by atoms with Crippen LogP contribution in [0.2, 0.25) is 0 Å². The van der Waals surface area contributed by atoms with Crippen LogP contribution in [-0.4, -0.2) is 52.6 Å². The third-order valence-electron chi connectivity index (χ3n) is 2.41. The van der Waals surface area contributed by atoms with Crippen LogP contribution in [0.1, 0.15) is 12.8 Å². The van der Waals surface area contributed by atoms with Crippen LogP contribution in [0.15, 0.2) is 0 Å². The molecule has 0 aromatic rings. The summed E-state index contributed by atoms with van der Waals surface area (Å²) in [7, 11) is 1.69. The molecular formula is C10H22N2O2. The molecule has 1 saturated heterocycles. The fourth-order valence-electron chi connectivity index (χ4n) is 1.61. The third kappa shape index (κ3) is 5.54. The zero-order valence-corrected chi connectivity index (χ0v) is 9.05. The van der Waals surface area contributed by atoms with Gasteiger partial charge in [0, 0.05) is 26.2 Å². The molecule has 0 aromatic heterocycles. The Morgan fingerprint density at radius 1 is 1.36 bits per heavy atom. The molecule has 84 valence electrons. The molecule has 2 N–H and O–H groups in total. The predicted octanol–water partition coefficient (Wildman–Crippen LogP) is -0.00900. The molecule has 0 bridgehead atoms. The maximum atomic E-state index is 5.36. The van der Waals surface area contributed by atoms with E-state index < -0.39 is 0 Å². The van der Waals surface area contributed by atoms with Gasteiger partial charge in [-0.15, -0.1) is 0 Å². The second-order valence-corrected chi connectivity index (χ2v) is 3.60. The fourth-order valence-corrected chi connectivity index (χ4v) is 1.61. The monoisotopic (exact) mass is 202 g/mol. The van der Waals surface area contributed by atoms with Crippen molar-refractivity contribution in [3.63, 3.8) is 0 Å². The summed E-state index contributed by atoms with van der Waals surface area (Å²) in [5.74, 6) is 0. The highest BCUT2D eigenvalue weighted by molar-refractivity contribution is 4.74. The van der Waals surface area contributed by atoms with E-state index in [1.165, 1.54) is 19.4 Å². The van der Waals surface area contributed by atoms with Gasteiger partial charge >= 0.3 is 0 Å².